The van der Waals surface area contributed by atoms with E-state index in [0.717, 1.165) is 10.6 Å². The molecule has 1 unspecified atom stereocenters. The minimum atomic E-state index is -0.601. The zero-order valence-corrected chi connectivity index (χ0v) is 11.3. The largest absolute Gasteiger partial charge is 0.291 e. The third-order valence-corrected chi connectivity index (χ3v) is 3.31. The van der Waals surface area contributed by atoms with Gasteiger partial charge < -0.3 is 0 Å². The summed E-state index contributed by atoms with van der Waals surface area (Å²) in [5.74, 6) is -0.0875. The Morgan fingerprint density at radius 2 is 1.80 bits per heavy atom. The summed E-state index contributed by atoms with van der Waals surface area (Å²) in [7, 11) is 0. The van der Waals surface area contributed by atoms with Crippen molar-refractivity contribution in [3.63, 3.8) is 0 Å². The number of para-hydroxylation sites is 1. The van der Waals surface area contributed by atoms with Crippen LogP contribution in [0.2, 0.25) is 5.02 Å². The van der Waals surface area contributed by atoms with E-state index in [1.165, 1.54) is 0 Å². The predicted molar refractivity (Wildman–Crippen MR) is 79.8 cm³/mol. The van der Waals surface area contributed by atoms with Crippen LogP contribution in [0.1, 0.15) is 10.4 Å². The lowest BCUT2D eigenvalue weighted by Gasteiger charge is -2.05. The fraction of sp³-hybridized carbons (Fsp3) is 0.0625. The molecule has 0 saturated carbocycles. The first-order chi connectivity index (χ1) is 9.74. The maximum Gasteiger partial charge on any atom is 0.192 e. The number of fused-ring (bicyclic) bond motifs is 1. The van der Waals surface area contributed by atoms with Crippen LogP contribution in [-0.4, -0.2) is 18.0 Å². The van der Waals surface area contributed by atoms with Gasteiger partial charge in [0.2, 0.25) is 0 Å². The van der Waals surface area contributed by atoms with Crippen molar-refractivity contribution >= 4 is 29.8 Å². The summed E-state index contributed by atoms with van der Waals surface area (Å²) in [6.07, 6.45) is 3.28. The molecule has 1 atom stereocenters. The lowest BCUT2D eigenvalue weighted by molar-refractivity contribution is 0.0985. The van der Waals surface area contributed by atoms with Crippen LogP contribution in [0.4, 0.5) is 0 Å². The lowest BCUT2D eigenvalue weighted by Crippen LogP contribution is -2.28. The van der Waals surface area contributed by atoms with Gasteiger partial charge in [-0.3, -0.25) is 14.8 Å². The molecule has 2 aromatic rings. The number of hydrogen-bond donors (Lipinski definition) is 0. The first-order valence-corrected chi connectivity index (χ1v) is 6.58. The second kappa shape index (κ2) is 5.39. The molecule has 0 spiro atoms. The second-order valence-corrected chi connectivity index (χ2v) is 4.87. The number of benzene rings is 2. The Morgan fingerprint density at radius 1 is 1.05 bits per heavy atom. The molecule has 3 rings (SSSR count). The molecule has 2 aromatic carbocycles. The van der Waals surface area contributed by atoms with Crippen LogP contribution in [-0.2, 0) is 0 Å². The molecule has 0 radical (unpaired) electrons. The Kier molecular flexibility index (Phi) is 3.44. The molecule has 0 saturated heterocycles. The topological polar surface area (TPSA) is 41.8 Å². The highest BCUT2D eigenvalue weighted by molar-refractivity contribution is 6.30. The van der Waals surface area contributed by atoms with Crippen LogP contribution < -0.4 is 10.6 Å². The summed E-state index contributed by atoms with van der Waals surface area (Å²) < 4.78 is 0. The minimum absolute atomic E-state index is 0.0875. The normalized spacial score (nSPS) is 16.6. The van der Waals surface area contributed by atoms with Gasteiger partial charge in [0, 0.05) is 28.2 Å². The number of nitrogens with zero attached hydrogens (tertiary/aromatic N) is 2. The van der Waals surface area contributed by atoms with Gasteiger partial charge in [0.1, 0.15) is 6.04 Å². The zero-order chi connectivity index (χ0) is 13.9. The van der Waals surface area contributed by atoms with Gasteiger partial charge in [0.05, 0.1) is 5.36 Å². The van der Waals surface area contributed by atoms with Crippen LogP contribution in [0, 0.1) is 0 Å². The van der Waals surface area contributed by atoms with E-state index in [1.54, 1.807) is 36.7 Å². The van der Waals surface area contributed by atoms with E-state index in [9.17, 15) is 4.79 Å². The Balaban J connectivity index is 2.01. The van der Waals surface area contributed by atoms with Crippen molar-refractivity contribution in [2.75, 3.05) is 0 Å². The quantitative estimate of drug-likeness (QED) is 0.777. The Hall–Kier alpha value is -2.26. The van der Waals surface area contributed by atoms with E-state index in [-0.39, 0.29) is 5.78 Å². The zero-order valence-electron chi connectivity index (χ0n) is 10.5. The van der Waals surface area contributed by atoms with Crippen molar-refractivity contribution in [2.24, 2.45) is 9.98 Å². The molecule has 0 N–H and O–H groups in total. The maximum absolute atomic E-state index is 12.4. The van der Waals surface area contributed by atoms with Crippen molar-refractivity contribution in [2.45, 2.75) is 6.04 Å². The highest BCUT2D eigenvalue weighted by Crippen LogP contribution is 2.12. The summed E-state index contributed by atoms with van der Waals surface area (Å²) in [6.45, 7) is 0. The molecule has 98 valence electrons. The average molecular weight is 283 g/mol. The van der Waals surface area contributed by atoms with E-state index in [4.69, 9.17) is 11.6 Å². The number of carbonyl (C=O) groups is 1. The maximum atomic E-state index is 12.4. The number of Topliss-reactive ketones (excluding diaryl/α,β-unsaturated/α-hetero) is 1. The van der Waals surface area contributed by atoms with Gasteiger partial charge in [-0.2, -0.15) is 0 Å². The van der Waals surface area contributed by atoms with Gasteiger partial charge in [-0.25, -0.2) is 0 Å². The summed E-state index contributed by atoms with van der Waals surface area (Å²) >= 11 is 5.83. The molecule has 3 nitrogen and oxygen atoms in total. The molecular weight excluding hydrogens is 272 g/mol. The van der Waals surface area contributed by atoms with Gasteiger partial charge in [-0.15, -0.1) is 0 Å². The Bertz CT molecular complexity index is 794. The fourth-order valence-corrected chi connectivity index (χ4v) is 2.14. The first kappa shape index (κ1) is 12.8. The standard InChI is InChI=1S/C16H11ClN2O/c17-13-7-5-11(6-8-13)16(20)15-10-18-9-12-3-1-2-4-14(12)19-15/h1-10,15H. The van der Waals surface area contributed by atoms with Gasteiger partial charge in [-0.1, -0.05) is 29.8 Å². The number of ketones is 1. The molecule has 20 heavy (non-hydrogen) atoms. The highest BCUT2D eigenvalue weighted by atomic mass is 35.5. The van der Waals surface area contributed by atoms with Gasteiger partial charge in [0.25, 0.3) is 0 Å². The van der Waals surface area contributed by atoms with Gasteiger partial charge in [-0.05, 0) is 30.3 Å². The number of hydrogen-bond acceptors (Lipinski definition) is 3. The van der Waals surface area contributed by atoms with Crippen molar-refractivity contribution < 1.29 is 4.79 Å². The number of halogens is 1. The van der Waals surface area contributed by atoms with E-state index < -0.39 is 6.04 Å². The number of carbonyl (C=O) groups excluding carboxylic acids is 1. The summed E-state index contributed by atoms with van der Waals surface area (Å²) in [4.78, 5) is 21.1. The Morgan fingerprint density at radius 3 is 2.60 bits per heavy atom. The Labute approximate surface area is 121 Å². The highest BCUT2D eigenvalue weighted by Gasteiger charge is 2.17. The SMILES string of the molecule is O=C(c1ccc(Cl)cc1)C1C=NC=c2ccccc2=N1. The van der Waals surface area contributed by atoms with Crippen molar-refractivity contribution in [1.82, 2.24) is 0 Å². The molecule has 0 fully saturated rings. The van der Waals surface area contributed by atoms with Gasteiger partial charge in [0.15, 0.2) is 5.78 Å². The van der Waals surface area contributed by atoms with Crippen LogP contribution in [0.25, 0.3) is 6.20 Å². The van der Waals surface area contributed by atoms with Crippen LogP contribution in [0.3, 0.4) is 0 Å². The van der Waals surface area contributed by atoms with Crippen LogP contribution in [0.5, 0.6) is 0 Å². The fourth-order valence-electron chi connectivity index (χ4n) is 2.01. The predicted octanol–water partition coefficient (Wildman–Crippen LogP) is 2.03. The molecule has 0 amide bonds. The summed E-state index contributed by atoms with van der Waals surface area (Å²) in [5, 5.41) is 2.29. The third-order valence-electron chi connectivity index (χ3n) is 3.05. The molecular formula is C16H11ClN2O. The third kappa shape index (κ3) is 2.53. The summed E-state index contributed by atoms with van der Waals surface area (Å²) in [5.41, 5.74) is 0.578. The molecule has 0 aliphatic carbocycles. The molecule has 4 heteroatoms. The minimum Gasteiger partial charge on any atom is -0.291 e. The van der Waals surface area contributed by atoms with Crippen molar-refractivity contribution in [3.8, 4) is 0 Å². The first-order valence-electron chi connectivity index (χ1n) is 6.20. The van der Waals surface area contributed by atoms with Crippen LogP contribution >= 0.6 is 11.6 Å². The van der Waals surface area contributed by atoms with Crippen LogP contribution in [0.15, 0.2) is 58.5 Å². The molecule has 0 aromatic heterocycles. The molecule has 1 aliphatic rings. The molecule has 0 bridgehead atoms. The molecule has 1 aliphatic heterocycles. The van der Waals surface area contributed by atoms with E-state index in [0.29, 0.717) is 10.6 Å². The van der Waals surface area contributed by atoms with Crippen molar-refractivity contribution in [1.29, 1.82) is 0 Å². The second-order valence-electron chi connectivity index (χ2n) is 4.43. The number of rotatable bonds is 2. The smallest absolute Gasteiger partial charge is 0.192 e. The van der Waals surface area contributed by atoms with E-state index >= 15 is 0 Å². The summed E-state index contributed by atoms with van der Waals surface area (Å²) in [6, 6.07) is 13.8. The van der Waals surface area contributed by atoms with Gasteiger partial charge >= 0.3 is 0 Å². The van der Waals surface area contributed by atoms with E-state index in [2.05, 4.69) is 9.98 Å². The van der Waals surface area contributed by atoms with Crippen molar-refractivity contribution in [3.05, 3.63) is 69.7 Å². The lowest BCUT2D eigenvalue weighted by atomic mass is 10.1. The van der Waals surface area contributed by atoms with E-state index in [1.807, 2.05) is 24.3 Å². The monoisotopic (exact) mass is 282 g/mol. The number of aliphatic imine (C=N–C) groups is 1. The average Bonchev–Trinajstić information content (AvgIpc) is 2.69. The molecule has 1 heterocycles.